The lowest BCUT2D eigenvalue weighted by atomic mass is 10.2. The van der Waals surface area contributed by atoms with Gasteiger partial charge >= 0.3 is 0 Å². The first-order chi connectivity index (χ1) is 19.0. The topological polar surface area (TPSA) is 108 Å². The lowest BCUT2D eigenvalue weighted by molar-refractivity contribution is -0.115. The van der Waals surface area contributed by atoms with Crippen molar-refractivity contribution >= 4 is 34.1 Å². The Hall–Kier alpha value is -4.12. The van der Waals surface area contributed by atoms with Crippen molar-refractivity contribution in [1.29, 1.82) is 0 Å². The molecule has 1 aliphatic rings. The molecule has 2 aromatic heterocycles. The van der Waals surface area contributed by atoms with Crippen LogP contribution in [0.25, 0.3) is 10.9 Å². The minimum atomic E-state index is -1.10. The maximum Gasteiger partial charge on any atom is 0.230 e. The SMILES string of the molecule is C[C@@H]1CCCN1CCCCOc1ccc2c(Nc3cc(CC(=O)Nc4cccc(F)c4F)[nH]n3)ncnc2c1. The molecule has 1 saturated heterocycles. The number of fused-ring (bicyclic) bond motifs is 1. The summed E-state index contributed by atoms with van der Waals surface area (Å²) in [7, 11) is 0. The highest BCUT2D eigenvalue weighted by atomic mass is 19.2. The Morgan fingerprint density at radius 2 is 2.08 bits per heavy atom. The van der Waals surface area contributed by atoms with Crippen molar-refractivity contribution in [2.45, 2.75) is 45.1 Å². The van der Waals surface area contributed by atoms with Crippen LogP contribution in [0, 0.1) is 11.6 Å². The van der Waals surface area contributed by atoms with Crippen LogP contribution in [-0.4, -0.2) is 56.7 Å². The number of halogens is 2. The summed E-state index contributed by atoms with van der Waals surface area (Å²) >= 11 is 0. The molecule has 1 aliphatic heterocycles. The maximum absolute atomic E-state index is 13.8. The Labute approximate surface area is 225 Å². The fraction of sp³-hybridized carbons (Fsp3) is 0.357. The second kappa shape index (κ2) is 12.2. The van der Waals surface area contributed by atoms with Gasteiger partial charge in [0.1, 0.15) is 17.9 Å². The largest absolute Gasteiger partial charge is 0.494 e. The molecule has 0 radical (unpaired) electrons. The van der Waals surface area contributed by atoms with E-state index in [1.807, 2.05) is 18.2 Å². The van der Waals surface area contributed by atoms with E-state index in [-0.39, 0.29) is 12.1 Å². The van der Waals surface area contributed by atoms with Crippen LogP contribution in [0.15, 0.2) is 48.8 Å². The van der Waals surface area contributed by atoms with Crippen molar-refractivity contribution in [3.63, 3.8) is 0 Å². The first-order valence-corrected chi connectivity index (χ1v) is 13.1. The first-order valence-electron chi connectivity index (χ1n) is 13.1. The Balaban J connectivity index is 1.15. The van der Waals surface area contributed by atoms with Crippen molar-refractivity contribution in [1.82, 2.24) is 25.1 Å². The molecule has 0 spiro atoms. The van der Waals surface area contributed by atoms with Crippen LogP contribution in [0.1, 0.15) is 38.3 Å². The Kier molecular flexibility index (Phi) is 8.26. The summed E-state index contributed by atoms with van der Waals surface area (Å²) in [5.41, 5.74) is 0.994. The first kappa shape index (κ1) is 26.5. The van der Waals surface area contributed by atoms with Gasteiger partial charge in [0.25, 0.3) is 0 Å². The zero-order chi connectivity index (χ0) is 27.2. The summed E-state index contributed by atoms with van der Waals surface area (Å²) in [4.78, 5) is 23.5. The summed E-state index contributed by atoms with van der Waals surface area (Å²) in [6.45, 7) is 5.28. The summed E-state index contributed by atoms with van der Waals surface area (Å²) in [5.74, 6) is -0.892. The molecule has 2 aromatic carbocycles. The number of hydrogen-bond acceptors (Lipinski definition) is 7. The van der Waals surface area contributed by atoms with Gasteiger partial charge in [-0.25, -0.2) is 18.7 Å². The predicted molar refractivity (Wildman–Crippen MR) is 145 cm³/mol. The number of benzene rings is 2. The number of hydrogen-bond donors (Lipinski definition) is 3. The molecule has 0 aliphatic carbocycles. The molecule has 1 amide bonds. The quantitative estimate of drug-likeness (QED) is 0.227. The molecule has 0 unspecified atom stereocenters. The third-order valence-corrected chi connectivity index (χ3v) is 6.86. The number of carbonyl (C=O) groups is 1. The molecule has 5 rings (SSSR count). The van der Waals surface area contributed by atoms with Crippen molar-refractivity contribution in [2.24, 2.45) is 0 Å². The number of anilines is 3. The molecule has 11 heteroatoms. The fourth-order valence-electron chi connectivity index (χ4n) is 4.76. The molecule has 0 saturated carbocycles. The number of rotatable bonds is 11. The summed E-state index contributed by atoms with van der Waals surface area (Å²) in [6.07, 6.45) is 6.06. The number of nitrogens with one attached hydrogen (secondary N) is 3. The van der Waals surface area contributed by atoms with E-state index in [0.29, 0.717) is 30.0 Å². The van der Waals surface area contributed by atoms with Crippen molar-refractivity contribution in [2.75, 3.05) is 30.3 Å². The van der Waals surface area contributed by atoms with E-state index in [1.165, 1.54) is 37.8 Å². The van der Waals surface area contributed by atoms with E-state index in [0.717, 1.165) is 42.1 Å². The van der Waals surface area contributed by atoms with Crippen LogP contribution in [0.4, 0.5) is 26.1 Å². The Morgan fingerprint density at radius 1 is 1.18 bits per heavy atom. The molecule has 0 bridgehead atoms. The van der Waals surface area contributed by atoms with Gasteiger partial charge in [0, 0.05) is 29.3 Å². The minimum absolute atomic E-state index is 0.104. The van der Waals surface area contributed by atoms with E-state index in [9.17, 15) is 13.6 Å². The third-order valence-electron chi connectivity index (χ3n) is 6.86. The molecule has 1 atom stereocenters. The molecular formula is C28H31F2N7O2. The average molecular weight is 536 g/mol. The lowest BCUT2D eigenvalue weighted by Gasteiger charge is -2.20. The number of unbranched alkanes of at least 4 members (excludes halogenated alkanes) is 1. The maximum atomic E-state index is 13.8. The van der Waals surface area contributed by atoms with Crippen LogP contribution in [0.5, 0.6) is 5.75 Å². The molecule has 3 heterocycles. The van der Waals surface area contributed by atoms with Gasteiger partial charge in [0.15, 0.2) is 17.5 Å². The highest BCUT2D eigenvalue weighted by Gasteiger charge is 2.19. The number of ether oxygens (including phenoxy) is 1. The van der Waals surface area contributed by atoms with E-state index >= 15 is 0 Å². The normalized spacial score (nSPS) is 15.5. The van der Waals surface area contributed by atoms with Crippen LogP contribution < -0.4 is 15.4 Å². The standard InChI is InChI=1S/C28H31F2N7O2/c1-18-6-5-12-37(18)11-2-3-13-39-20-9-10-21-24(16-20)31-17-32-28(21)34-25-14-19(35-36-25)15-26(38)33-23-8-4-7-22(29)27(23)30/h4,7-10,14,16-18H,2-3,5-6,11-13,15H2,1H3,(H,33,38)(H2,31,32,34,35,36)/t18-/m1/s1. The Bertz CT molecular complexity index is 1440. The molecule has 9 nitrogen and oxygen atoms in total. The van der Waals surface area contributed by atoms with Gasteiger partial charge < -0.3 is 20.3 Å². The summed E-state index contributed by atoms with van der Waals surface area (Å²) in [5, 5.41) is 13.2. The number of amides is 1. The number of aromatic nitrogens is 4. The number of carbonyl (C=O) groups excluding carboxylic acids is 1. The lowest BCUT2D eigenvalue weighted by Crippen LogP contribution is -2.28. The van der Waals surface area contributed by atoms with Gasteiger partial charge in [-0.15, -0.1) is 0 Å². The van der Waals surface area contributed by atoms with E-state index in [2.05, 4.69) is 42.6 Å². The van der Waals surface area contributed by atoms with Crippen LogP contribution in [0.3, 0.4) is 0 Å². The number of nitrogens with zero attached hydrogens (tertiary/aromatic N) is 4. The number of H-pyrrole nitrogens is 1. The van der Waals surface area contributed by atoms with Crippen molar-refractivity contribution in [3.8, 4) is 5.75 Å². The van der Waals surface area contributed by atoms with Crippen LogP contribution in [-0.2, 0) is 11.2 Å². The van der Waals surface area contributed by atoms with Gasteiger partial charge in [-0.1, -0.05) is 6.07 Å². The van der Waals surface area contributed by atoms with Crippen molar-refractivity contribution < 1.29 is 18.3 Å². The van der Waals surface area contributed by atoms with E-state index in [4.69, 9.17) is 4.74 Å². The van der Waals surface area contributed by atoms with Crippen LogP contribution in [0.2, 0.25) is 0 Å². The number of likely N-dealkylation sites (tertiary alicyclic amines) is 1. The molecule has 1 fully saturated rings. The molecule has 4 aromatic rings. The van der Waals surface area contributed by atoms with Gasteiger partial charge in [-0.3, -0.25) is 9.89 Å². The van der Waals surface area contributed by atoms with Gasteiger partial charge in [-0.2, -0.15) is 5.10 Å². The van der Waals surface area contributed by atoms with Gasteiger partial charge in [0.05, 0.1) is 24.2 Å². The predicted octanol–water partition coefficient (Wildman–Crippen LogP) is 5.20. The molecule has 204 valence electrons. The minimum Gasteiger partial charge on any atom is -0.494 e. The van der Waals surface area contributed by atoms with Gasteiger partial charge in [0.2, 0.25) is 5.91 Å². The van der Waals surface area contributed by atoms with Crippen LogP contribution >= 0.6 is 0 Å². The highest BCUT2D eigenvalue weighted by Crippen LogP contribution is 2.26. The summed E-state index contributed by atoms with van der Waals surface area (Å²) in [6, 6.07) is 11.6. The average Bonchev–Trinajstić information content (AvgIpc) is 3.54. The second-order valence-electron chi connectivity index (χ2n) is 9.71. The third kappa shape index (κ3) is 6.66. The summed E-state index contributed by atoms with van der Waals surface area (Å²) < 4.78 is 33.2. The van der Waals surface area contributed by atoms with Crippen molar-refractivity contribution in [3.05, 3.63) is 66.1 Å². The Morgan fingerprint density at radius 3 is 2.92 bits per heavy atom. The van der Waals surface area contributed by atoms with E-state index < -0.39 is 17.5 Å². The number of aromatic amines is 1. The highest BCUT2D eigenvalue weighted by molar-refractivity contribution is 5.93. The molecular weight excluding hydrogens is 504 g/mol. The zero-order valence-electron chi connectivity index (χ0n) is 21.7. The fourth-order valence-corrected chi connectivity index (χ4v) is 4.76. The monoisotopic (exact) mass is 535 g/mol. The van der Waals surface area contributed by atoms with E-state index in [1.54, 1.807) is 6.07 Å². The van der Waals surface area contributed by atoms with Gasteiger partial charge in [-0.05, 0) is 70.0 Å². The zero-order valence-corrected chi connectivity index (χ0v) is 21.7. The molecule has 3 N–H and O–H groups in total. The second-order valence-corrected chi connectivity index (χ2v) is 9.71. The smallest absolute Gasteiger partial charge is 0.230 e. The molecule has 39 heavy (non-hydrogen) atoms.